The molecule has 2 rings (SSSR count). The van der Waals surface area contributed by atoms with Crippen LogP contribution in [0.2, 0.25) is 5.02 Å². The smallest absolute Gasteiger partial charge is 0.242 e. The largest absolute Gasteiger partial charge is 0.392 e. The predicted molar refractivity (Wildman–Crippen MR) is 83.7 cm³/mol. The first-order chi connectivity index (χ1) is 9.83. The third-order valence-corrected chi connectivity index (χ3v) is 6.39. The fourth-order valence-electron chi connectivity index (χ4n) is 2.79. The van der Waals surface area contributed by atoms with E-state index in [0.717, 1.165) is 19.3 Å². The molecule has 3 atom stereocenters. The Kier molecular flexibility index (Phi) is 5.30. The van der Waals surface area contributed by atoms with Crippen LogP contribution in [0.25, 0.3) is 0 Å². The Balaban J connectivity index is 2.19. The van der Waals surface area contributed by atoms with Gasteiger partial charge in [-0.2, -0.15) is 0 Å². The van der Waals surface area contributed by atoms with Gasteiger partial charge in [-0.15, -0.1) is 0 Å². The molecule has 0 bridgehead atoms. The van der Waals surface area contributed by atoms with Crippen LogP contribution in [0.5, 0.6) is 0 Å². The second kappa shape index (κ2) is 6.65. The van der Waals surface area contributed by atoms with E-state index in [1.807, 2.05) is 0 Å². The van der Waals surface area contributed by atoms with Crippen LogP contribution >= 0.6 is 11.6 Å². The van der Waals surface area contributed by atoms with Gasteiger partial charge in [0.2, 0.25) is 10.0 Å². The van der Waals surface area contributed by atoms with E-state index in [1.54, 1.807) is 6.07 Å². The molecule has 1 aliphatic rings. The summed E-state index contributed by atoms with van der Waals surface area (Å²) in [4.78, 5) is 0.0435. The summed E-state index contributed by atoms with van der Waals surface area (Å²) in [6.07, 6.45) is 2.72. The molecule has 1 aliphatic carbocycles. The molecular formula is C15H22ClNO3S. The highest BCUT2D eigenvalue weighted by atomic mass is 35.5. The molecule has 0 aromatic heterocycles. The Labute approximate surface area is 131 Å². The fourth-order valence-corrected chi connectivity index (χ4v) is 4.62. The Hall–Kier alpha value is -0.620. The van der Waals surface area contributed by atoms with Gasteiger partial charge in [-0.3, -0.25) is 0 Å². The van der Waals surface area contributed by atoms with Crippen molar-refractivity contribution in [2.45, 2.75) is 50.7 Å². The summed E-state index contributed by atoms with van der Waals surface area (Å²) in [6, 6.07) is 4.51. The number of aliphatic hydroxyl groups excluding tert-OH is 1. The van der Waals surface area contributed by atoms with E-state index < -0.39 is 10.0 Å². The third-order valence-electron chi connectivity index (χ3n) is 4.39. The molecule has 0 heterocycles. The molecule has 0 radical (unpaired) electrons. The first-order valence-corrected chi connectivity index (χ1v) is 9.11. The van der Waals surface area contributed by atoms with Gasteiger partial charge in [-0.1, -0.05) is 31.5 Å². The first-order valence-electron chi connectivity index (χ1n) is 7.25. The van der Waals surface area contributed by atoms with E-state index in [9.17, 15) is 8.42 Å². The van der Waals surface area contributed by atoms with Gasteiger partial charge in [0.1, 0.15) is 4.90 Å². The number of halogens is 1. The van der Waals surface area contributed by atoms with E-state index in [-0.39, 0.29) is 22.6 Å². The highest BCUT2D eigenvalue weighted by Crippen LogP contribution is 2.31. The quantitative estimate of drug-likeness (QED) is 0.891. The van der Waals surface area contributed by atoms with Crippen LogP contribution in [-0.2, 0) is 16.6 Å². The van der Waals surface area contributed by atoms with E-state index in [1.165, 1.54) is 12.1 Å². The molecule has 0 spiro atoms. The predicted octanol–water partition coefficient (Wildman–Crippen LogP) is 2.94. The van der Waals surface area contributed by atoms with E-state index in [4.69, 9.17) is 16.7 Å². The molecule has 1 aromatic carbocycles. The van der Waals surface area contributed by atoms with Gasteiger partial charge in [0.05, 0.1) is 11.6 Å². The van der Waals surface area contributed by atoms with Crippen LogP contribution in [0.3, 0.4) is 0 Å². The minimum absolute atomic E-state index is 0.0435. The maximum absolute atomic E-state index is 12.5. The number of aliphatic hydroxyl groups is 1. The number of benzene rings is 1. The number of hydrogen-bond acceptors (Lipinski definition) is 3. The molecule has 0 amide bonds. The lowest BCUT2D eigenvalue weighted by Gasteiger charge is -2.32. The number of sulfonamides is 1. The second-order valence-corrected chi connectivity index (χ2v) is 8.10. The summed E-state index contributed by atoms with van der Waals surface area (Å²) in [7, 11) is -3.66. The van der Waals surface area contributed by atoms with E-state index in [2.05, 4.69) is 18.6 Å². The first kappa shape index (κ1) is 16.7. The maximum Gasteiger partial charge on any atom is 0.242 e. The number of nitrogens with one attached hydrogen (secondary N) is 1. The van der Waals surface area contributed by atoms with Crippen LogP contribution in [-0.4, -0.2) is 19.6 Å². The van der Waals surface area contributed by atoms with Crippen LogP contribution < -0.4 is 4.72 Å². The Morgan fingerprint density at radius 1 is 1.29 bits per heavy atom. The van der Waals surface area contributed by atoms with Crippen molar-refractivity contribution in [3.8, 4) is 0 Å². The molecule has 6 heteroatoms. The summed E-state index contributed by atoms with van der Waals surface area (Å²) in [5.74, 6) is 1.14. The molecular weight excluding hydrogens is 310 g/mol. The van der Waals surface area contributed by atoms with Gasteiger partial charge in [-0.25, -0.2) is 13.1 Å². The highest BCUT2D eigenvalue weighted by molar-refractivity contribution is 7.89. The molecule has 0 aliphatic heterocycles. The van der Waals surface area contributed by atoms with Crippen LogP contribution in [0.15, 0.2) is 23.1 Å². The van der Waals surface area contributed by atoms with Crippen molar-refractivity contribution in [1.82, 2.24) is 4.72 Å². The minimum atomic E-state index is -3.66. The monoisotopic (exact) mass is 331 g/mol. The molecule has 2 N–H and O–H groups in total. The van der Waals surface area contributed by atoms with Crippen LogP contribution in [0.4, 0.5) is 0 Å². The van der Waals surface area contributed by atoms with Crippen molar-refractivity contribution in [3.63, 3.8) is 0 Å². The van der Waals surface area contributed by atoms with Crippen molar-refractivity contribution >= 4 is 21.6 Å². The Morgan fingerprint density at radius 3 is 2.62 bits per heavy atom. The van der Waals surface area contributed by atoms with Crippen molar-refractivity contribution in [2.75, 3.05) is 0 Å². The normalized spacial score (nSPS) is 26.8. The topological polar surface area (TPSA) is 66.4 Å². The standard InChI is InChI=1S/C15H22ClNO3S/c1-10-3-5-13(7-11(10)2)17-21(19,20)15-8-12(9-18)4-6-14(15)16/h4,6,8,10-11,13,17-18H,3,5,7,9H2,1-2H3. The van der Waals surface area contributed by atoms with E-state index in [0.29, 0.717) is 17.4 Å². The van der Waals surface area contributed by atoms with Gasteiger partial charge in [-0.05, 0) is 48.8 Å². The highest BCUT2D eigenvalue weighted by Gasteiger charge is 2.29. The SMILES string of the molecule is CC1CCC(NS(=O)(=O)c2cc(CO)ccc2Cl)CC1C. The lowest BCUT2D eigenvalue weighted by atomic mass is 9.79. The molecule has 21 heavy (non-hydrogen) atoms. The van der Waals surface area contributed by atoms with Crippen molar-refractivity contribution in [3.05, 3.63) is 28.8 Å². The summed E-state index contributed by atoms with van der Waals surface area (Å²) in [6.45, 7) is 4.15. The summed E-state index contributed by atoms with van der Waals surface area (Å²) in [5.41, 5.74) is 0.533. The van der Waals surface area contributed by atoms with Crippen LogP contribution in [0.1, 0.15) is 38.7 Å². The summed E-state index contributed by atoms with van der Waals surface area (Å²) < 4.78 is 27.8. The molecule has 3 unspecified atom stereocenters. The average Bonchev–Trinajstić information content (AvgIpc) is 2.43. The average molecular weight is 332 g/mol. The third kappa shape index (κ3) is 3.97. The van der Waals surface area contributed by atoms with Gasteiger partial charge in [0, 0.05) is 6.04 Å². The van der Waals surface area contributed by atoms with Crippen molar-refractivity contribution in [2.24, 2.45) is 11.8 Å². The van der Waals surface area contributed by atoms with Gasteiger partial charge >= 0.3 is 0 Å². The lowest BCUT2D eigenvalue weighted by Crippen LogP contribution is -2.39. The molecule has 1 fully saturated rings. The van der Waals surface area contributed by atoms with Gasteiger partial charge < -0.3 is 5.11 Å². The zero-order valence-electron chi connectivity index (χ0n) is 12.3. The molecule has 118 valence electrons. The second-order valence-electron chi connectivity index (χ2n) is 6.01. The molecule has 4 nitrogen and oxygen atoms in total. The zero-order chi connectivity index (χ0) is 15.6. The van der Waals surface area contributed by atoms with Crippen LogP contribution in [0, 0.1) is 11.8 Å². The Morgan fingerprint density at radius 2 is 2.00 bits per heavy atom. The summed E-state index contributed by atoms with van der Waals surface area (Å²) in [5, 5.41) is 9.32. The minimum Gasteiger partial charge on any atom is -0.392 e. The van der Waals surface area contributed by atoms with Crippen molar-refractivity contribution in [1.29, 1.82) is 0 Å². The Bertz CT molecular complexity index is 603. The molecule has 1 aromatic rings. The maximum atomic E-state index is 12.5. The zero-order valence-corrected chi connectivity index (χ0v) is 13.9. The molecule has 0 saturated heterocycles. The van der Waals surface area contributed by atoms with Gasteiger partial charge in [0.15, 0.2) is 0 Å². The lowest BCUT2D eigenvalue weighted by molar-refractivity contribution is 0.242. The van der Waals surface area contributed by atoms with Crippen molar-refractivity contribution < 1.29 is 13.5 Å². The molecule has 1 saturated carbocycles. The fraction of sp³-hybridized carbons (Fsp3) is 0.600. The van der Waals surface area contributed by atoms with Gasteiger partial charge in [0.25, 0.3) is 0 Å². The number of hydrogen-bond donors (Lipinski definition) is 2. The summed E-state index contributed by atoms with van der Waals surface area (Å²) >= 11 is 6.01. The van der Waals surface area contributed by atoms with E-state index >= 15 is 0 Å². The number of rotatable bonds is 4.